The number of aromatic nitrogens is 2. The molecule has 2 aliphatic rings. The van der Waals surface area contributed by atoms with Crippen LogP contribution in [0, 0.1) is 0 Å². The number of rotatable bonds is 6. The Bertz CT molecular complexity index is 835. The van der Waals surface area contributed by atoms with Gasteiger partial charge in [0.05, 0.1) is 17.6 Å². The van der Waals surface area contributed by atoms with Crippen LogP contribution in [0.25, 0.3) is 11.0 Å². The van der Waals surface area contributed by atoms with Crippen molar-refractivity contribution in [1.82, 2.24) is 20.2 Å². The lowest BCUT2D eigenvalue weighted by atomic mass is 9.95. The van der Waals surface area contributed by atoms with Gasteiger partial charge in [-0.15, -0.1) is 0 Å². The van der Waals surface area contributed by atoms with Crippen LogP contribution in [0.1, 0.15) is 50.8 Å². The molecule has 1 atom stereocenters. The molecule has 0 bridgehead atoms. The van der Waals surface area contributed by atoms with Crippen LogP contribution in [0.5, 0.6) is 0 Å². The molecule has 1 aromatic carbocycles. The predicted molar refractivity (Wildman–Crippen MR) is 106 cm³/mol. The van der Waals surface area contributed by atoms with E-state index < -0.39 is 0 Å². The molecule has 2 heterocycles. The van der Waals surface area contributed by atoms with E-state index in [9.17, 15) is 9.59 Å². The van der Waals surface area contributed by atoms with Crippen LogP contribution in [-0.4, -0.2) is 40.1 Å². The molecule has 150 valence electrons. The minimum Gasteiger partial charge on any atom is -0.368 e. The molecule has 7 nitrogen and oxygen atoms in total. The van der Waals surface area contributed by atoms with Gasteiger partial charge in [0.25, 0.3) is 0 Å². The Kier molecular flexibility index (Phi) is 5.90. The lowest BCUT2D eigenvalue weighted by Crippen LogP contribution is -2.39. The normalized spacial score (nSPS) is 20.4. The van der Waals surface area contributed by atoms with Crippen LogP contribution in [0.15, 0.2) is 24.3 Å². The van der Waals surface area contributed by atoms with Crippen molar-refractivity contribution < 1.29 is 14.3 Å². The fourth-order valence-corrected chi connectivity index (χ4v) is 4.17. The van der Waals surface area contributed by atoms with E-state index in [2.05, 4.69) is 15.6 Å². The molecule has 1 unspecified atom stereocenters. The van der Waals surface area contributed by atoms with Crippen molar-refractivity contribution in [2.45, 2.75) is 70.2 Å². The van der Waals surface area contributed by atoms with Crippen LogP contribution in [0.4, 0.5) is 0 Å². The van der Waals surface area contributed by atoms with Gasteiger partial charge in [0, 0.05) is 12.6 Å². The number of nitrogens with one attached hydrogen (secondary N) is 2. The Balaban J connectivity index is 1.46. The molecule has 2 aromatic rings. The lowest BCUT2D eigenvalue weighted by molar-refractivity contribution is -0.130. The van der Waals surface area contributed by atoms with E-state index in [0.29, 0.717) is 12.4 Å². The number of para-hydroxylation sites is 2. The summed E-state index contributed by atoms with van der Waals surface area (Å²) in [4.78, 5) is 29.6. The molecular weight excluding hydrogens is 356 g/mol. The van der Waals surface area contributed by atoms with Gasteiger partial charge in [-0.1, -0.05) is 31.4 Å². The Morgan fingerprint density at radius 1 is 1.11 bits per heavy atom. The topological polar surface area (TPSA) is 85.2 Å². The first-order valence-electron chi connectivity index (χ1n) is 10.3. The van der Waals surface area contributed by atoms with Crippen molar-refractivity contribution in [3.8, 4) is 0 Å². The van der Waals surface area contributed by atoms with E-state index in [1.165, 1.54) is 19.3 Å². The molecule has 0 spiro atoms. The summed E-state index contributed by atoms with van der Waals surface area (Å²) in [5.74, 6) is 0.580. The zero-order valence-electron chi connectivity index (χ0n) is 16.2. The summed E-state index contributed by atoms with van der Waals surface area (Å²) < 4.78 is 7.34. The Hall–Kier alpha value is -2.41. The van der Waals surface area contributed by atoms with Gasteiger partial charge in [0.2, 0.25) is 11.8 Å². The van der Waals surface area contributed by atoms with Gasteiger partial charge >= 0.3 is 0 Å². The van der Waals surface area contributed by atoms with Gasteiger partial charge in [-0.2, -0.15) is 0 Å². The molecular formula is C21H28N4O3. The zero-order chi connectivity index (χ0) is 19.3. The highest BCUT2D eigenvalue weighted by Gasteiger charge is 2.24. The third-order valence-corrected chi connectivity index (χ3v) is 5.65. The Morgan fingerprint density at radius 2 is 1.93 bits per heavy atom. The summed E-state index contributed by atoms with van der Waals surface area (Å²) in [7, 11) is 0. The Morgan fingerprint density at radius 3 is 2.71 bits per heavy atom. The van der Waals surface area contributed by atoms with E-state index in [1.54, 1.807) is 0 Å². The third-order valence-electron chi connectivity index (χ3n) is 5.65. The third kappa shape index (κ3) is 4.35. The summed E-state index contributed by atoms with van der Waals surface area (Å²) in [6, 6.07) is 8.03. The molecule has 0 radical (unpaired) electrons. The molecule has 2 fully saturated rings. The fourth-order valence-electron chi connectivity index (χ4n) is 4.17. The number of nitrogens with zero attached hydrogens (tertiary/aromatic N) is 2. The second-order valence-corrected chi connectivity index (χ2v) is 7.72. The quantitative estimate of drug-likeness (QED) is 0.800. The van der Waals surface area contributed by atoms with Crippen molar-refractivity contribution in [2.75, 3.05) is 6.61 Å². The Labute approximate surface area is 164 Å². The minimum atomic E-state index is -0.368. The first kappa shape index (κ1) is 18.9. The number of fused-ring (bicyclic) bond motifs is 1. The van der Waals surface area contributed by atoms with Crippen LogP contribution in [-0.2, 0) is 27.4 Å². The zero-order valence-corrected chi connectivity index (χ0v) is 16.2. The average molecular weight is 384 g/mol. The lowest BCUT2D eigenvalue weighted by Gasteiger charge is -2.23. The molecule has 1 saturated carbocycles. The summed E-state index contributed by atoms with van der Waals surface area (Å²) in [6.07, 6.45) is 7.03. The van der Waals surface area contributed by atoms with Gasteiger partial charge in [-0.05, 0) is 37.8 Å². The van der Waals surface area contributed by atoms with Crippen molar-refractivity contribution >= 4 is 22.8 Å². The number of carbonyl (C=O) groups is 2. The van der Waals surface area contributed by atoms with Gasteiger partial charge in [-0.3, -0.25) is 9.59 Å². The molecule has 28 heavy (non-hydrogen) atoms. The molecule has 2 amide bonds. The standard InChI is InChI=1S/C21H28N4O3/c26-20(23-15-7-2-1-3-8-15)14-25-17-10-5-4-9-16(17)24-19(25)13-22-21(27)18-11-6-12-28-18/h4-5,9-10,15,18H,1-3,6-8,11-14H2,(H,22,27)(H,23,26). The number of hydrogen-bond donors (Lipinski definition) is 2. The number of hydrogen-bond acceptors (Lipinski definition) is 4. The van der Waals surface area contributed by atoms with E-state index in [-0.39, 0.29) is 37.0 Å². The van der Waals surface area contributed by atoms with Crippen molar-refractivity contribution in [3.05, 3.63) is 30.1 Å². The molecule has 2 N–H and O–H groups in total. The summed E-state index contributed by atoms with van der Waals surface area (Å²) in [6.45, 7) is 1.13. The second kappa shape index (κ2) is 8.73. The number of carbonyl (C=O) groups excluding carboxylic acids is 2. The van der Waals surface area contributed by atoms with Gasteiger partial charge in [0.15, 0.2) is 0 Å². The maximum Gasteiger partial charge on any atom is 0.249 e. The summed E-state index contributed by atoms with van der Waals surface area (Å²) >= 11 is 0. The smallest absolute Gasteiger partial charge is 0.249 e. The van der Waals surface area contributed by atoms with Crippen LogP contribution in [0.3, 0.4) is 0 Å². The highest BCUT2D eigenvalue weighted by atomic mass is 16.5. The number of benzene rings is 1. The molecule has 1 aliphatic carbocycles. The highest BCUT2D eigenvalue weighted by Crippen LogP contribution is 2.19. The van der Waals surface area contributed by atoms with Crippen LogP contribution >= 0.6 is 0 Å². The SMILES string of the molecule is O=C(Cn1c(CNC(=O)C2CCCO2)nc2ccccc21)NC1CCCCC1. The van der Waals surface area contributed by atoms with Gasteiger partial charge < -0.3 is 19.9 Å². The van der Waals surface area contributed by atoms with E-state index in [0.717, 1.165) is 36.7 Å². The molecule has 1 aromatic heterocycles. The monoisotopic (exact) mass is 384 g/mol. The highest BCUT2D eigenvalue weighted by molar-refractivity contribution is 5.82. The molecule has 1 aliphatic heterocycles. The molecule has 4 rings (SSSR count). The van der Waals surface area contributed by atoms with Gasteiger partial charge in [-0.25, -0.2) is 4.98 Å². The average Bonchev–Trinajstić information content (AvgIpc) is 3.36. The van der Waals surface area contributed by atoms with E-state index >= 15 is 0 Å². The van der Waals surface area contributed by atoms with Crippen molar-refractivity contribution in [2.24, 2.45) is 0 Å². The number of ether oxygens (including phenoxy) is 1. The maximum absolute atomic E-state index is 12.7. The van der Waals surface area contributed by atoms with Gasteiger partial charge in [0.1, 0.15) is 18.5 Å². The molecule has 7 heteroatoms. The van der Waals surface area contributed by atoms with Crippen molar-refractivity contribution in [3.63, 3.8) is 0 Å². The summed E-state index contributed by atoms with van der Waals surface area (Å²) in [5, 5.41) is 6.08. The van der Waals surface area contributed by atoms with E-state index in [4.69, 9.17) is 4.74 Å². The second-order valence-electron chi connectivity index (χ2n) is 7.72. The first-order valence-corrected chi connectivity index (χ1v) is 10.3. The van der Waals surface area contributed by atoms with Crippen LogP contribution < -0.4 is 10.6 Å². The van der Waals surface area contributed by atoms with E-state index in [1.807, 2.05) is 28.8 Å². The molecule has 1 saturated heterocycles. The van der Waals surface area contributed by atoms with Crippen molar-refractivity contribution in [1.29, 1.82) is 0 Å². The first-order chi connectivity index (χ1) is 13.7. The maximum atomic E-state index is 12.7. The summed E-state index contributed by atoms with van der Waals surface area (Å²) in [5.41, 5.74) is 1.73. The predicted octanol–water partition coefficient (Wildman–Crippen LogP) is 2.28. The largest absolute Gasteiger partial charge is 0.368 e. The van der Waals surface area contributed by atoms with Crippen LogP contribution in [0.2, 0.25) is 0 Å². The number of amides is 2. The minimum absolute atomic E-state index is 0.00163. The fraction of sp³-hybridized carbons (Fsp3) is 0.571. The number of imidazole rings is 1.